The van der Waals surface area contributed by atoms with E-state index in [4.69, 9.17) is 9.84 Å². The van der Waals surface area contributed by atoms with Crippen molar-refractivity contribution in [2.24, 2.45) is 0 Å². The predicted octanol–water partition coefficient (Wildman–Crippen LogP) is 1.97. The van der Waals surface area contributed by atoms with E-state index >= 15 is 0 Å². The number of carboxylic acid groups (broad SMARTS) is 1. The van der Waals surface area contributed by atoms with Gasteiger partial charge in [0.25, 0.3) is 5.69 Å². The molecule has 0 saturated carbocycles. The molecule has 0 saturated heterocycles. The quantitative estimate of drug-likeness (QED) is 0.640. The normalized spacial score (nSPS) is 11.0. The van der Waals surface area contributed by atoms with Gasteiger partial charge >= 0.3 is 5.97 Å². The van der Waals surface area contributed by atoms with E-state index in [9.17, 15) is 14.9 Å². The summed E-state index contributed by atoms with van der Waals surface area (Å²) in [5.74, 6) is -0.823. The average molecular weight is 239 g/mol. The highest BCUT2D eigenvalue weighted by Crippen LogP contribution is 2.34. The van der Waals surface area contributed by atoms with E-state index in [0.29, 0.717) is 5.56 Å². The molecule has 0 aromatic heterocycles. The van der Waals surface area contributed by atoms with E-state index in [1.807, 2.05) is 0 Å². The summed E-state index contributed by atoms with van der Waals surface area (Å²) < 4.78 is 5.00. The van der Waals surface area contributed by atoms with Crippen molar-refractivity contribution in [3.05, 3.63) is 33.9 Å². The molecule has 6 heteroatoms. The highest BCUT2D eigenvalue weighted by molar-refractivity contribution is 5.81. The largest absolute Gasteiger partial charge is 0.496 e. The Morgan fingerprint density at radius 1 is 1.47 bits per heavy atom. The Morgan fingerprint density at radius 3 is 2.47 bits per heavy atom. The Kier molecular flexibility index (Phi) is 3.36. The van der Waals surface area contributed by atoms with Gasteiger partial charge in [0, 0.05) is 11.6 Å². The fraction of sp³-hybridized carbons (Fsp3) is 0.364. The zero-order valence-electron chi connectivity index (χ0n) is 9.76. The van der Waals surface area contributed by atoms with Crippen LogP contribution in [0.1, 0.15) is 19.4 Å². The van der Waals surface area contributed by atoms with Crippen molar-refractivity contribution >= 4 is 11.7 Å². The molecule has 0 heterocycles. The van der Waals surface area contributed by atoms with Crippen molar-refractivity contribution in [2.45, 2.75) is 19.3 Å². The molecule has 0 aliphatic carbocycles. The third kappa shape index (κ3) is 2.35. The minimum atomic E-state index is -1.17. The van der Waals surface area contributed by atoms with Gasteiger partial charge in [-0.15, -0.1) is 0 Å². The van der Waals surface area contributed by atoms with Crippen LogP contribution in [0.3, 0.4) is 0 Å². The summed E-state index contributed by atoms with van der Waals surface area (Å²) in [6.07, 6.45) is 0. The first kappa shape index (κ1) is 13.0. The third-order valence-electron chi connectivity index (χ3n) is 2.60. The van der Waals surface area contributed by atoms with Crippen LogP contribution < -0.4 is 4.74 Å². The van der Waals surface area contributed by atoms with Gasteiger partial charge in [-0.3, -0.25) is 14.9 Å². The number of hydrogen-bond donors (Lipinski definition) is 1. The van der Waals surface area contributed by atoms with Crippen LogP contribution in [0.2, 0.25) is 0 Å². The van der Waals surface area contributed by atoms with Gasteiger partial charge in [-0.2, -0.15) is 0 Å². The molecule has 0 unspecified atom stereocenters. The lowest BCUT2D eigenvalue weighted by Crippen LogP contribution is -2.29. The first-order chi connectivity index (χ1) is 7.80. The highest BCUT2D eigenvalue weighted by Gasteiger charge is 2.33. The topological polar surface area (TPSA) is 89.7 Å². The molecular weight excluding hydrogens is 226 g/mol. The molecule has 6 nitrogen and oxygen atoms in total. The molecule has 92 valence electrons. The molecule has 1 aromatic carbocycles. The minimum absolute atomic E-state index is 0.133. The van der Waals surface area contributed by atoms with Gasteiger partial charge in [-0.25, -0.2) is 0 Å². The number of non-ortho nitro benzene ring substituents is 1. The Balaban J connectivity index is 3.36. The third-order valence-corrected chi connectivity index (χ3v) is 2.60. The fourth-order valence-corrected chi connectivity index (χ4v) is 1.43. The molecule has 0 amide bonds. The Hall–Kier alpha value is -2.11. The molecule has 1 aromatic rings. The fourth-order valence-electron chi connectivity index (χ4n) is 1.43. The summed E-state index contributed by atoms with van der Waals surface area (Å²) in [7, 11) is 1.35. The van der Waals surface area contributed by atoms with Crippen molar-refractivity contribution in [1.82, 2.24) is 0 Å². The second-order valence-corrected chi connectivity index (χ2v) is 4.07. The van der Waals surface area contributed by atoms with Crippen LogP contribution in [0.5, 0.6) is 5.75 Å². The number of rotatable bonds is 4. The monoisotopic (exact) mass is 239 g/mol. The Labute approximate surface area is 98.0 Å². The lowest BCUT2D eigenvalue weighted by atomic mass is 9.84. The maximum Gasteiger partial charge on any atom is 0.313 e. The molecular formula is C11H13NO5. The molecule has 1 N–H and O–H groups in total. The van der Waals surface area contributed by atoms with E-state index in [1.54, 1.807) is 0 Å². The van der Waals surface area contributed by atoms with E-state index in [-0.39, 0.29) is 11.4 Å². The number of carbonyl (C=O) groups is 1. The van der Waals surface area contributed by atoms with Crippen molar-refractivity contribution < 1.29 is 19.6 Å². The molecule has 0 fully saturated rings. The van der Waals surface area contributed by atoms with Crippen LogP contribution in [0.15, 0.2) is 18.2 Å². The summed E-state index contributed by atoms with van der Waals surface area (Å²) in [6, 6.07) is 3.90. The minimum Gasteiger partial charge on any atom is -0.496 e. The lowest BCUT2D eigenvalue weighted by molar-refractivity contribution is -0.385. The summed E-state index contributed by atoms with van der Waals surface area (Å²) in [5, 5.41) is 19.7. The molecule has 17 heavy (non-hydrogen) atoms. The van der Waals surface area contributed by atoms with Gasteiger partial charge in [0.15, 0.2) is 0 Å². The second-order valence-electron chi connectivity index (χ2n) is 4.07. The van der Waals surface area contributed by atoms with E-state index in [0.717, 1.165) is 0 Å². The standard InChI is InChI=1S/C11H13NO5/c1-11(2,10(13)14)8-5-4-7(12(15)16)6-9(8)17-3/h4-6H,1-3H3,(H,13,14). The van der Waals surface area contributed by atoms with Gasteiger partial charge in [0.05, 0.1) is 23.5 Å². The summed E-state index contributed by atoms with van der Waals surface area (Å²) in [4.78, 5) is 21.2. The number of carboxylic acids is 1. The molecule has 0 aliphatic heterocycles. The number of nitrogens with zero attached hydrogens (tertiary/aromatic N) is 1. The van der Waals surface area contributed by atoms with Crippen molar-refractivity contribution in [3.8, 4) is 5.75 Å². The van der Waals surface area contributed by atoms with E-state index in [1.165, 1.54) is 39.2 Å². The smallest absolute Gasteiger partial charge is 0.313 e. The number of ether oxygens (including phenoxy) is 1. The number of nitro groups is 1. The average Bonchev–Trinajstić information content (AvgIpc) is 2.27. The molecule has 0 aliphatic rings. The Bertz CT molecular complexity index is 467. The zero-order chi connectivity index (χ0) is 13.2. The van der Waals surface area contributed by atoms with E-state index in [2.05, 4.69) is 0 Å². The van der Waals surface area contributed by atoms with Crippen LogP contribution >= 0.6 is 0 Å². The number of hydrogen-bond acceptors (Lipinski definition) is 4. The first-order valence-electron chi connectivity index (χ1n) is 4.87. The van der Waals surface area contributed by atoms with Crippen LogP contribution in [0, 0.1) is 10.1 Å². The second kappa shape index (κ2) is 4.40. The van der Waals surface area contributed by atoms with Gasteiger partial charge in [0.2, 0.25) is 0 Å². The maximum atomic E-state index is 11.1. The van der Waals surface area contributed by atoms with Crippen molar-refractivity contribution in [3.63, 3.8) is 0 Å². The number of methoxy groups -OCH3 is 1. The molecule has 0 radical (unpaired) electrons. The van der Waals surface area contributed by atoms with Crippen LogP contribution in [-0.4, -0.2) is 23.1 Å². The first-order valence-corrected chi connectivity index (χ1v) is 4.87. The zero-order valence-corrected chi connectivity index (χ0v) is 9.76. The van der Waals surface area contributed by atoms with Crippen LogP contribution in [-0.2, 0) is 10.2 Å². The molecule has 0 atom stereocenters. The SMILES string of the molecule is COc1cc([N+](=O)[O-])ccc1C(C)(C)C(=O)O. The number of benzene rings is 1. The molecule has 1 rings (SSSR count). The lowest BCUT2D eigenvalue weighted by Gasteiger charge is -2.21. The van der Waals surface area contributed by atoms with Crippen molar-refractivity contribution in [1.29, 1.82) is 0 Å². The van der Waals surface area contributed by atoms with Crippen LogP contribution in [0.4, 0.5) is 5.69 Å². The number of aliphatic carboxylic acids is 1. The van der Waals surface area contributed by atoms with E-state index < -0.39 is 16.3 Å². The van der Waals surface area contributed by atoms with Gasteiger partial charge in [-0.1, -0.05) is 0 Å². The van der Waals surface area contributed by atoms with Gasteiger partial charge in [-0.05, 0) is 19.9 Å². The van der Waals surface area contributed by atoms with Crippen LogP contribution in [0.25, 0.3) is 0 Å². The predicted molar refractivity (Wildman–Crippen MR) is 60.3 cm³/mol. The summed E-state index contributed by atoms with van der Waals surface area (Å²) in [5.41, 5.74) is -0.898. The summed E-state index contributed by atoms with van der Waals surface area (Å²) in [6.45, 7) is 3.03. The molecule has 0 bridgehead atoms. The Morgan fingerprint density at radius 2 is 2.06 bits per heavy atom. The van der Waals surface area contributed by atoms with Crippen molar-refractivity contribution in [2.75, 3.05) is 7.11 Å². The maximum absolute atomic E-state index is 11.1. The van der Waals surface area contributed by atoms with Gasteiger partial charge < -0.3 is 9.84 Å². The summed E-state index contributed by atoms with van der Waals surface area (Å²) >= 11 is 0. The molecule has 0 spiro atoms. The number of nitro benzene ring substituents is 1. The highest BCUT2D eigenvalue weighted by atomic mass is 16.6. The van der Waals surface area contributed by atoms with Gasteiger partial charge in [0.1, 0.15) is 5.75 Å².